The van der Waals surface area contributed by atoms with Crippen molar-refractivity contribution in [2.24, 2.45) is 0 Å². The van der Waals surface area contributed by atoms with Gasteiger partial charge in [-0.2, -0.15) is 0 Å². The van der Waals surface area contributed by atoms with Crippen molar-refractivity contribution in [2.75, 3.05) is 19.8 Å². The van der Waals surface area contributed by atoms with Crippen molar-refractivity contribution >= 4 is 17.7 Å². The van der Waals surface area contributed by atoms with Gasteiger partial charge in [-0.1, -0.05) is 90.2 Å². The maximum absolute atomic E-state index is 12.4. The fraction of sp³-hybridized carbons (Fsp3) is 0.679. The number of hydrogen-bond donors (Lipinski definition) is 2. The van der Waals surface area contributed by atoms with Gasteiger partial charge in [-0.3, -0.25) is 4.79 Å². The first-order valence-corrected chi connectivity index (χ1v) is 13.1. The second-order valence-electron chi connectivity index (χ2n) is 8.66. The van der Waals surface area contributed by atoms with Gasteiger partial charge >= 0.3 is 11.9 Å². The number of carbonyl (C=O) groups is 3. The number of ether oxygens (including phenoxy) is 2. The molecule has 0 radical (unpaired) electrons. The van der Waals surface area contributed by atoms with E-state index in [1.165, 1.54) is 58.3 Å². The number of Topliss-reactive ketones (excluding diaryl/α,β-unsaturated/α-hetero) is 1. The number of ketones is 1. The van der Waals surface area contributed by atoms with E-state index in [1.54, 1.807) is 24.3 Å². The normalized spacial score (nSPS) is 11.2. The number of aliphatic hydroxyl groups is 2. The van der Waals surface area contributed by atoms with Gasteiger partial charge in [0.15, 0.2) is 5.78 Å². The van der Waals surface area contributed by atoms with Crippen LogP contribution in [0.3, 0.4) is 0 Å². The van der Waals surface area contributed by atoms with Crippen molar-refractivity contribution in [2.45, 2.75) is 104 Å². The summed E-state index contributed by atoms with van der Waals surface area (Å²) >= 11 is 0. The molecular formula is C28H46O7. The third kappa shape index (κ3) is 16.9. The van der Waals surface area contributed by atoms with Crippen molar-refractivity contribution in [3.8, 4) is 0 Å². The molecule has 0 saturated heterocycles. The Morgan fingerprint density at radius 3 is 1.40 bits per heavy atom. The highest BCUT2D eigenvalue weighted by Gasteiger charge is 2.18. The predicted molar refractivity (Wildman–Crippen MR) is 138 cm³/mol. The average Bonchev–Trinajstić information content (AvgIpc) is 2.87. The van der Waals surface area contributed by atoms with Crippen LogP contribution in [0.15, 0.2) is 24.3 Å². The van der Waals surface area contributed by atoms with E-state index in [0.717, 1.165) is 25.7 Å². The van der Waals surface area contributed by atoms with Crippen molar-refractivity contribution in [1.29, 1.82) is 0 Å². The summed E-state index contributed by atoms with van der Waals surface area (Å²) in [7, 11) is 0. The van der Waals surface area contributed by atoms with Gasteiger partial charge in [0.05, 0.1) is 30.9 Å². The highest BCUT2D eigenvalue weighted by molar-refractivity contribution is 6.03. The van der Waals surface area contributed by atoms with Crippen molar-refractivity contribution in [3.63, 3.8) is 0 Å². The number of aliphatic hydroxyl groups excluding tert-OH is 2. The van der Waals surface area contributed by atoms with Crippen LogP contribution >= 0.6 is 0 Å². The lowest BCUT2D eigenvalue weighted by Gasteiger charge is -2.10. The molecule has 0 aliphatic carbocycles. The average molecular weight is 495 g/mol. The lowest BCUT2D eigenvalue weighted by Crippen LogP contribution is -2.20. The lowest BCUT2D eigenvalue weighted by molar-refractivity contribution is -0.126. The van der Waals surface area contributed by atoms with Crippen LogP contribution in [-0.4, -0.2) is 53.9 Å². The molecule has 2 N–H and O–H groups in total. The number of hydrogen-bond acceptors (Lipinski definition) is 7. The van der Waals surface area contributed by atoms with Gasteiger partial charge in [0, 0.05) is 0 Å². The third-order valence-electron chi connectivity index (χ3n) is 5.47. The molecule has 35 heavy (non-hydrogen) atoms. The molecule has 0 amide bonds. The van der Waals surface area contributed by atoms with Gasteiger partial charge in [0.2, 0.25) is 0 Å². The Hall–Kier alpha value is -2.25. The lowest BCUT2D eigenvalue weighted by atomic mass is 10.1. The minimum absolute atomic E-state index is 0.293. The molecule has 0 aliphatic heterocycles. The third-order valence-corrected chi connectivity index (χ3v) is 5.47. The molecule has 1 aromatic carbocycles. The summed E-state index contributed by atoms with van der Waals surface area (Å²) in [6.07, 6.45) is 12.4. The van der Waals surface area contributed by atoms with Crippen LogP contribution in [0.25, 0.3) is 0 Å². The minimum atomic E-state index is -1.18. The van der Waals surface area contributed by atoms with Crippen LogP contribution in [0.1, 0.15) is 119 Å². The zero-order valence-electron chi connectivity index (χ0n) is 21.9. The largest absolute Gasteiger partial charge is 0.462 e. The zero-order chi connectivity index (χ0) is 26.3. The van der Waals surface area contributed by atoms with E-state index in [4.69, 9.17) is 19.7 Å². The zero-order valence-corrected chi connectivity index (χ0v) is 21.9. The molecule has 0 saturated carbocycles. The molecule has 7 nitrogen and oxygen atoms in total. The summed E-state index contributed by atoms with van der Waals surface area (Å²) < 4.78 is 10.7. The van der Waals surface area contributed by atoms with E-state index >= 15 is 0 Å². The maximum atomic E-state index is 12.4. The second-order valence-corrected chi connectivity index (χ2v) is 8.66. The Bertz CT molecular complexity index is 653. The molecule has 0 spiro atoms. The van der Waals surface area contributed by atoms with E-state index < -0.39 is 30.4 Å². The molecular weight excluding hydrogens is 448 g/mol. The molecule has 1 atom stereocenters. The van der Waals surface area contributed by atoms with E-state index in [-0.39, 0.29) is 0 Å². The summed E-state index contributed by atoms with van der Waals surface area (Å²) in [6.45, 7) is 5.92. The van der Waals surface area contributed by atoms with E-state index in [1.807, 2.05) is 0 Å². The Balaban J connectivity index is 0.00000143. The Kier molecular flexibility index (Phi) is 20.8. The number of rotatable bonds is 18. The molecule has 200 valence electrons. The molecule has 0 fully saturated rings. The molecule has 0 bridgehead atoms. The smallest absolute Gasteiger partial charge is 0.339 e. The summed E-state index contributed by atoms with van der Waals surface area (Å²) in [5.74, 6) is -1.29. The Morgan fingerprint density at radius 2 is 1.09 bits per heavy atom. The van der Waals surface area contributed by atoms with Gasteiger partial charge in [0.25, 0.3) is 0 Å². The fourth-order valence-electron chi connectivity index (χ4n) is 3.22. The molecule has 7 heteroatoms. The standard InChI is InChI=1S/C24H38O4.C4H8O3/c1-3-5-7-9-11-15-19-27-23(25)21-17-13-14-18-22(21)24(26)28-20-16-12-10-8-6-4-2;1-3(6)4(7)2-5/h13-14,17-18H,3-12,15-16,19-20H2,1-2H3;4-5,7H,2H2,1H3. The number of unbranched alkanes of at least 4 members (excludes halogenated alkanes) is 10. The molecule has 0 aliphatic rings. The van der Waals surface area contributed by atoms with Crippen molar-refractivity contribution < 1.29 is 34.1 Å². The van der Waals surface area contributed by atoms with Crippen molar-refractivity contribution in [3.05, 3.63) is 35.4 Å². The van der Waals surface area contributed by atoms with Crippen LogP contribution in [0, 0.1) is 0 Å². The van der Waals surface area contributed by atoms with Crippen molar-refractivity contribution in [1.82, 2.24) is 0 Å². The number of carbonyl (C=O) groups excluding carboxylic acids is 3. The first-order chi connectivity index (χ1) is 16.9. The van der Waals surface area contributed by atoms with Gasteiger partial charge in [-0.15, -0.1) is 0 Å². The fourth-order valence-corrected chi connectivity index (χ4v) is 3.22. The Labute approximate surface area is 211 Å². The first kappa shape index (κ1) is 32.8. The van der Waals surface area contributed by atoms with Gasteiger partial charge in [-0.25, -0.2) is 9.59 Å². The van der Waals surface area contributed by atoms with E-state index in [9.17, 15) is 14.4 Å². The first-order valence-electron chi connectivity index (χ1n) is 13.1. The van der Waals surface area contributed by atoms with E-state index in [0.29, 0.717) is 24.3 Å². The molecule has 1 unspecified atom stereocenters. The van der Waals surface area contributed by atoms with Crippen LogP contribution in [0.5, 0.6) is 0 Å². The second kappa shape index (κ2) is 22.2. The SMILES string of the molecule is CC(=O)C(O)CO.CCCCCCCCOC(=O)c1ccccc1C(=O)OCCCCCCCC. The highest BCUT2D eigenvalue weighted by atomic mass is 16.5. The van der Waals surface area contributed by atoms with Crippen LogP contribution in [0.2, 0.25) is 0 Å². The molecule has 1 aromatic rings. The van der Waals surface area contributed by atoms with E-state index in [2.05, 4.69) is 13.8 Å². The summed E-state index contributed by atoms with van der Waals surface area (Å²) in [6, 6.07) is 6.74. The van der Waals surface area contributed by atoms with Crippen LogP contribution in [0.4, 0.5) is 0 Å². The van der Waals surface area contributed by atoms with Gasteiger partial charge in [0.1, 0.15) is 6.10 Å². The maximum Gasteiger partial charge on any atom is 0.339 e. The minimum Gasteiger partial charge on any atom is -0.462 e. The van der Waals surface area contributed by atoms with Crippen LogP contribution in [-0.2, 0) is 14.3 Å². The van der Waals surface area contributed by atoms with Gasteiger partial charge in [-0.05, 0) is 31.9 Å². The number of esters is 2. The molecule has 1 rings (SSSR count). The highest BCUT2D eigenvalue weighted by Crippen LogP contribution is 2.14. The predicted octanol–water partition coefficient (Wildman–Crippen LogP) is 5.65. The molecule has 0 aromatic heterocycles. The summed E-state index contributed by atoms with van der Waals surface area (Å²) in [5.41, 5.74) is 0.586. The Morgan fingerprint density at radius 1 is 0.714 bits per heavy atom. The van der Waals surface area contributed by atoms with Gasteiger partial charge < -0.3 is 19.7 Å². The quantitative estimate of drug-likeness (QED) is 0.200. The number of benzene rings is 1. The summed E-state index contributed by atoms with van der Waals surface area (Å²) in [4.78, 5) is 34.7. The topological polar surface area (TPSA) is 110 Å². The monoisotopic (exact) mass is 494 g/mol. The molecule has 0 heterocycles. The van der Waals surface area contributed by atoms with Crippen LogP contribution < -0.4 is 0 Å². The summed E-state index contributed by atoms with van der Waals surface area (Å²) in [5, 5.41) is 16.4.